The molecule has 0 aliphatic carbocycles. The van der Waals surface area contributed by atoms with E-state index in [0.29, 0.717) is 0 Å². The number of benzene rings is 1. The molecule has 1 aromatic carbocycles. The number of rotatable bonds is 3. The summed E-state index contributed by atoms with van der Waals surface area (Å²) in [6.07, 6.45) is -4.47. The van der Waals surface area contributed by atoms with Gasteiger partial charge >= 0.3 is 6.18 Å². The van der Waals surface area contributed by atoms with Crippen molar-refractivity contribution in [3.63, 3.8) is 0 Å². The third-order valence-electron chi connectivity index (χ3n) is 1.93. The van der Waals surface area contributed by atoms with Crippen molar-refractivity contribution in [3.05, 3.63) is 28.3 Å². The Balaban J connectivity index is 3.26. The molecule has 0 unspecified atom stereocenters. The van der Waals surface area contributed by atoms with Gasteiger partial charge < -0.3 is 4.74 Å². The highest BCUT2D eigenvalue weighted by Gasteiger charge is 2.32. The molecule has 3 nitrogen and oxygen atoms in total. The van der Waals surface area contributed by atoms with Crippen LogP contribution >= 0.6 is 11.6 Å². The van der Waals surface area contributed by atoms with Crippen LogP contribution in [0, 0.1) is 0 Å². The summed E-state index contributed by atoms with van der Waals surface area (Å²) in [5.74, 6) is 4.83. The van der Waals surface area contributed by atoms with Crippen molar-refractivity contribution in [1.29, 1.82) is 0 Å². The second-order valence-corrected chi connectivity index (χ2v) is 3.35. The van der Waals surface area contributed by atoms with Crippen LogP contribution in [0.4, 0.5) is 13.2 Å². The molecule has 0 heterocycles. The minimum Gasteiger partial charge on any atom is -0.496 e. The molecule has 0 spiro atoms. The summed E-state index contributed by atoms with van der Waals surface area (Å²) in [6, 6.07) is 1.65. The molecular formula is C9H9ClF3NO2. The van der Waals surface area contributed by atoms with Crippen molar-refractivity contribution in [2.45, 2.75) is 12.8 Å². The molecule has 7 heteroatoms. The van der Waals surface area contributed by atoms with E-state index in [1.165, 1.54) is 7.11 Å². The molecule has 0 saturated carbocycles. The zero-order chi connectivity index (χ0) is 12.3. The van der Waals surface area contributed by atoms with Crippen molar-refractivity contribution in [3.8, 4) is 5.75 Å². The molecule has 0 aliphatic rings. The summed E-state index contributed by atoms with van der Waals surface area (Å²) in [6.45, 7) is -0.125. The molecule has 90 valence electrons. The Bertz CT molecular complexity index is 382. The maximum atomic E-state index is 12.4. The van der Waals surface area contributed by atoms with E-state index < -0.39 is 11.7 Å². The Morgan fingerprint density at radius 1 is 1.38 bits per heavy atom. The highest BCUT2D eigenvalue weighted by atomic mass is 35.5. The fourth-order valence-electron chi connectivity index (χ4n) is 1.18. The van der Waals surface area contributed by atoms with E-state index in [9.17, 15) is 13.2 Å². The largest absolute Gasteiger partial charge is 0.496 e. The summed E-state index contributed by atoms with van der Waals surface area (Å²) in [5, 5.41) is -0.0999. The van der Waals surface area contributed by atoms with Gasteiger partial charge in [-0.3, -0.25) is 4.84 Å². The van der Waals surface area contributed by atoms with Crippen LogP contribution in [0.25, 0.3) is 0 Å². The van der Waals surface area contributed by atoms with Gasteiger partial charge in [-0.15, -0.1) is 0 Å². The van der Waals surface area contributed by atoms with Crippen LogP contribution < -0.4 is 10.6 Å². The summed E-state index contributed by atoms with van der Waals surface area (Å²) in [5.41, 5.74) is -0.602. The number of ether oxygens (including phenoxy) is 1. The monoisotopic (exact) mass is 255 g/mol. The van der Waals surface area contributed by atoms with Crippen molar-refractivity contribution in [1.82, 2.24) is 0 Å². The molecule has 0 atom stereocenters. The molecule has 0 bridgehead atoms. The number of hydrogen-bond donors (Lipinski definition) is 1. The standard InChI is InChI=1S/C9H9ClF3NO2/c1-15-8-3-5(9(11,12)13)2-7(10)6(8)4-16-14/h2-3H,4,14H2,1H3. The smallest absolute Gasteiger partial charge is 0.416 e. The third-order valence-corrected chi connectivity index (χ3v) is 2.27. The lowest BCUT2D eigenvalue weighted by Gasteiger charge is -2.13. The SMILES string of the molecule is COc1cc(C(F)(F)F)cc(Cl)c1CON. The molecule has 1 aromatic rings. The third kappa shape index (κ3) is 2.78. The second kappa shape index (κ2) is 4.90. The van der Waals surface area contributed by atoms with Crippen LogP contribution in [0.3, 0.4) is 0 Å². The molecular weight excluding hydrogens is 247 g/mol. The van der Waals surface area contributed by atoms with Gasteiger partial charge in [0.2, 0.25) is 0 Å². The van der Waals surface area contributed by atoms with E-state index in [-0.39, 0.29) is 22.9 Å². The zero-order valence-corrected chi connectivity index (χ0v) is 9.02. The lowest BCUT2D eigenvalue weighted by atomic mass is 10.1. The van der Waals surface area contributed by atoms with Gasteiger partial charge in [0.05, 0.1) is 24.3 Å². The number of alkyl halides is 3. The van der Waals surface area contributed by atoms with Crippen LogP contribution in [0.1, 0.15) is 11.1 Å². The van der Waals surface area contributed by atoms with Crippen LogP contribution in [0.15, 0.2) is 12.1 Å². The average Bonchev–Trinajstić information content (AvgIpc) is 2.19. The van der Waals surface area contributed by atoms with Gasteiger partial charge in [0.15, 0.2) is 0 Å². The molecule has 0 fully saturated rings. The van der Waals surface area contributed by atoms with E-state index in [4.69, 9.17) is 22.2 Å². The van der Waals surface area contributed by atoms with Gasteiger partial charge in [-0.05, 0) is 12.1 Å². The highest BCUT2D eigenvalue weighted by molar-refractivity contribution is 6.31. The predicted molar refractivity (Wildman–Crippen MR) is 52.0 cm³/mol. The fourth-order valence-corrected chi connectivity index (χ4v) is 1.45. The van der Waals surface area contributed by atoms with Gasteiger partial charge in [0.25, 0.3) is 0 Å². The summed E-state index contributed by atoms with van der Waals surface area (Å²) >= 11 is 5.68. The van der Waals surface area contributed by atoms with Gasteiger partial charge in [-0.1, -0.05) is 11.6 Å². The Morgan fingerprint density at radius 3 is 2.44 bits per heavy atom. The van der Waals surface area contributed by atoms with Crippen LogP contribution in [-0.4, -0.2) is 7.11 Å². The maximum absolute atomic E-state index is 12.4. The van der Waals surface area contributed by atoms with E-state index in [2.05, 4.69) is 4.84 Å². The summed E-state index contributed by atoms with van der Waals surface area (Å²) in [4.78, 5) is 4.33. The first-order valence-electron chi connectivity index (χ1n) is 4.15. The second-order valence-electron chi connectivity index (χ2n) is 2.95. The summed E-state index contributed by atoms with van der Waals surface area (Å²) < 4.78 is 42.1. The first-order chi connectivity index (χ1) is 7.40. The van der Waals surface area contributed by atoms with E-state index in [0.717, 1.165) is 12.1 Å². The van der Waals surface area contributed by atoms with Crippen molar-refractivity contribution >= 4 is 11.6 Å². The minimum atomic E-state index is -4.47. The van der Waals surface area contributed by atoms with Crippen molar-refractivity contribution in [2.75, 3.05) is 7.11 Å². The quantitative estimate of drug-likeness (QED) is 0.845. The first-order valence-corrected chi connectivity index (χ1v) is 4.53. The molecule has 0 aromatic heterocycles. The zero-order valence-electron chi connectivity index (χ0n) is 8.27. The Hall–Kier alpha value is -0.980. The Labute approximate surface area is 94.8 Å². The van der Waals surface area contributed by atoms with Crippen molar-refractivity contribution < 1.29 is 22.7 Å². The molecule has 16 heavy (non-hydrogen) atoms. The van der Waals surface area contributed by atoms with Crippen LogP contribution in [0.5, 0.6) is 5.75 Å². The van der Waals surface area contributed by atoms with E-state index >= 15 is 0 Å². The van der Waals surface area contributed by atoms with Crippen LogP contribution in [-0.2, 0) is 17.6 Å². The van der Waals surface area contributed by atoms with Gasteiger partial charge in [-0.25, -0.2) is 5.90 Å². The lowest BCUT2D eigenvalue weighted by molar-refractivity contribution is -0.137. The van der Waals surface area contributed by atoms with Crippen LogP contribution in [0.2, 0.25) is 5.02 Å². The number of hydrogen-bond acceptors (Lipinski definition) is 3. The van der Waals surface area contributed by atoms with Crippen molar-refractivity contribution in [2.24, 2.45) is 5.90 Å². The highest BCUT2D eigenvalue weighted by Crippen LogP contribution is 2.37. The molecule has 0 saturated heterocycles. The topological polar surface area (TPSA) is 44.5 Å². The van der Waals surface area contributed by atoms with Gasteiger partial charge in [0, 0.05) is 5.56 Å². The minimum absolute atomic E-state index is 0.00900. The normalized spacial score (nSPS) is 11.6. The fraction of sp³-hybridized carbons (Fsp3) is 0.333. The summed E-state index contributed by atoms with van der Waals surface area (Å²) in [7, 11) is 1.24. The predicted octanol–water partition coefficient (Wildman–Crippen LogP) is 2.76. The number of methoxy groups -OCH3 is 1. The lowest BCUT2D eigenvalue weighted by Crippen LogP contribution is -2.08. The average molecular weight is 256 g/mol. The van der Waals surface area contributed by atoms with E-state index in [1.54, 1.807) is 0 Å². The Kier molecular flexibility index (Phi) is 4.01. The molecule has 0 radical (unpaired) electrons. The molecule has 1 rings (SSSR count). The molecule has 2 N–H and O–H groups in total. The van der Waals surface area contributed by atoms with E-state index in [1.807, 2.05) is 0 Å². The van der Waals surface area contributed by atoms with Gasteiger partial charge in [-0.2, -0.15) is 13.2 Å². The number of nitrogens with two attached hydrogens (primary N) is 1. The first kappa shape index (κ1) is 13.1. The Morgan fingerprint density at radius 2 is 2.00 bits per heavy atom. The van der Waals surface area contributed by atoms with Gasteiger partial charge in [0.1, 0.15) is 5.75 Å². The molecule has 0 amide bonds. The maximum Gasteiger partial charge on any atom is 0.416 e. The molecule has 0 aliphatic heterocycles. The number of halogens is 4.